The highest BCUT2D eigenvalue weighted by Gasteiger charge is 2.18. The molecule has 2 rings (SSSR count). The van der Waals surface area contributed by atoms with Gasteiger partial charge in [-0.2, -0.15) is 11.8 Å². The fourth-order valence-electron chi connectivity index (χ4n) is 1.98. The van der Waals surface area contributed by atoms with Gasteiger partial charge in [0, 0.05) is 5.25 Å². The van der Waals surface area contributed by atoms with E-state index in [4.69, 9.17) is 4.42 Å². The van der Waals surface area contributed by atoms with Gasteiger partial charge in [0.15, 0.2) is 5.76 Å². The minimum atomic E-state index is 0.0902. The molecule has 0 aromatic carbocycles. The first-order valence-electron chi connectivity index (χ1n) is 5.65. The molecule has 0 amide bonds. The van der Waals surface area contributed by atoms with E-state index in [1.165, 1.54) is 32.1 Å². The van der Waals surface area contributed by atoms with Crippen LogP contribution in [0.25, 0.3) is 0 Å². The van der Waals surface area contributed by atoms with Crippen LogP contribution in [0.15, 0.2) is 21.2 Å². The molecule has 1 saturated carbocycles. The SMILES string of the molecule is O=C(CSC1CCCCC1)c1occc1Br. The Kier molecular flexibility index (Phi) is 4.53. The minimum Gasteiger partial charge on any atom is -0.460 e. The third-order valence-corrected chi connectivity index (χ3v) is 4.87. The van der Waals surface area contributed by atoms with E-state index in [-0.39, 0.29) is 5.78 Å². The van der Waals surface area contributed by atoms with Gasteiger partial charge in [0.25, 0.3) is 0 Å². The molecule has 1 heterocycles. The van der Waals surface area contributed by atoms with E-state index >= 15 is 0 Å². The van der Waals surface area contributed by atoms with Gasteiger partial charge in [0.2, 0.25) is 5.78 Å². The summed E-state index contributed by atoms with van der Waals surface area (Å²) in [7, 11) is 0. The molecule has 0 radical (unpaired) electrons. The summed E-state index contributed by atoms with van der Waals surface area (Å²) in [6, 6.07) is 1.76. The van der Waals surface area contributed by atoms with Gasteiger partial charge in [0.1, 0.15) is 0 Å². The number of hydrogen-bond donors (Lipinski definition) is 0. The molecule has 88 valence electrons. The van der Waals surface area contributed by atoms with Crippen molar-refractivity contribution in [3.8, 4) is 0 Å². The lowest BCUT2D eigenvalue weighted by Gasteiger charge is -2.20. The molecule has 0 bridgehead atoms. The van der Waals surface area contributed by atoms with Crippen LogP contribution in [0.4, 0.5) is 0 Å². The molecule has 1 fully saturated rings. The summed E-state index contributed by atoms with van der Waals surface area (Å²) in [6.45, 7) is 0. The molecular formula is C12H15BrO2S. The monoisotopic (exact) mass is 302 g/mol. The summed E-state index contributed by atoms with van der Waals surface area (Å²) in [5.41, 5.74) is 0. The first-order chi connectivity index (χ1) is 7.77. The summed E-state index contributed by atoms with van der Waals surface area (Å²) in [4.78, 5) is 11.8. The van der Waals surface area contributed by atoms with Crippen molar-refractivity contribution in [2.24, 2.45) is 0 Å². The number of ketones is 1. The number of hydrogen-bond acceptors (Lipinski definition) is 3. The van der Waals surface area contributed by atoms with Crippen molar-refractivity contribution in [2.75, 3.05) is 5.75 Å². The van der Waals surface area contributed by atoms with Crippen LogP contribution in [0.3, 0.4) is 0 Å². The van der Waals surface area contributed by atoms with Gasteiger partial charge in [-0.15, -0.1) is 0 Å². The number of carbonyl (C=O) groups excluding carboxylic acids is 1. The lowest BCUT2D eigenvalue weighted by atomic mass is 10.0. The summed E-state index contributed by atoms with van der Waals surface area (Å²) < 4.78 is 5.92. The second-order valence-electron chi connectivity index (χ2n) is 4.09. The lowest BCUT2D eigenvalue weighted by Crippen LogP contribution is -2.12. The second-order valence-corrected chi connectivity index (χ2v) is 6.23. The molecule has 1 aliphatic rings. The van der Waals surface area contributed by atoms with Crippen molar-refractivity contribution in [1.82, 2.24) is 0 Å². The van der Waals surface area contributed by atoms with Crippen LogP contribution in [-0.4, -0.2) is 16.8 Å². The quantitative estimate of drug-likeness (QED) is 0.777. The van der Waals surface area contributed by atoms with E-state index < -0.39 is 0 Å². The van der Waals surface area contributed by atoms with Crippen LogP contribution in [-0.2, 0) is 0 Å². The highest BCUT2D eigenvalue weighted by atomic mass is 79.9. The summed E-state index contributed by atoms with van der Waals surface area (Å²) in [5, 5.41) is 0.673. The molecule has 0 unspecified atom stereocenters. The summed E-state index contributed by atoms with van der Waals surface area (Å²) in [6.07, 6.45) is 8.05. The Morgan fingerprint density at radius 3 is 2.81 bits per heavy atom. The fraction of sp³-hybridized carbons (Fsp3) is 0.583. The first kappa shape index (κ1) is 12.2. The molecule has 1 aromatic rings. The van der Waals surface area contributed by atoms with Crippen molar-refractivity contribution in [3.05, 3.63) is 22.6 Å². The van der Waals surface area contributed by atoms with E-state index in [9.17, 15) is 4.79 Å². The zero-order valence-corrected chi connectivity index (χ0v) is 11.5. The lowest BCUT2D eigenvalue weighted by molar-refractivity contribution is 0.0991. The van der Waals surface area contributed by atoms with Gasteiger partial charge in [-0.1, -0.05) is 19.3 Å². The zero-order chi connectivity index (χ0) is 11.4. The van der Waals surface area contributed by atoms with Crippen LogP contribution < -0.4 is 0 Å². The second kappa shape index (κ2) is 5.92. The maximum absolute atomic E-state index is 11.8. The molecule has 16 heavy (non-hydrogen) atoms. The highest BCUT2D eigenvalue weighted by molar-refractivity contribution is 9.10. The zero-order valence-electron chi connectivity index (χ0n) is 9.08. The number of rotatable bonds is 4. The fourth-order valence-corrected chi connectivity index (χ4v) is 3.59. The molecule has 0 N–H and O–H groups in total. The third-order valence-electron chi connectivity index (χ3n) is 2.87. The Labute approximate surface area is 108 Å². The average molecular weight is 303 g/mol. The molecule has 0 spiro atoms. The maximum atomic E-state index is 11.8. The predicted octanol–water partition coefficient (Wildman–Crippen LogP) is 4.29. The van der Waals surface area contributed by atoms with E-state index in [1.807, 2.05) is 0 Å². The van der Waals surface area contributed by atoms with Crippen molar-refractivity contribution < 1.29 is 9.21 Å². The average Bonchev–Trinajstić information content (AvgIpc) is 2.74. The van der Waals surface area contributed by atoms with Gasteiger partial charge < -0.3 is 4.42 Å². The molecular weight excluding hydrogens is 288 g/mol. The number of halogens is 1. The summed E-state index contributed by atoms with van der Waals surface area (Å²) in [5.74, 6) is 1.09. The smallest absolute Gasteiger partial charge is 0.209 e. The largest absolute Gasteiger partial charge is 0.460 e. The molecule has 1 aliphatic carbocycles. The highest BCUT2D eigenvalue weighted by Crippen LogP contribution is 2.29. The van der Waals surface area contributed by atoms with E-state index in [1.54, 1.807) is 24.1 Å². The Balaban J connectivity index is 1.81. The summed E-state index contributed by atoms with van der Waals surface area (Å²) >= 11 is 5.09. The van der Waals surface area contributed by atoms with E-state index in [2.05, 4.69) is 15.9 Å². The van der Waals surface area contributed by atoms with Crippen molar-refractivity contribution in [2.45, 2.75) is 37.4 Å². The first-order valence-corrected chi connectivity index (χ1v) is 7.49. The number of carbonyl (C=O) groups is 1. The topological polar surface area (TPSA) is 30.2 Å². The van der Waals surface area contributed by atoms with Crippen LogP contribution in [0.5, 0.6) is 0 Å². The van der Waals surface area contributed by atoms with Crippen molar-refractivity contribution in [1.29, 1.82) is 0 Å². The Bertz CT molecular complexity index is 356. The van der Waals surface area contributed by atoms with Gasteiger partial charge in [0.05, 0.1) is 16.5 Å². The number of furan rings is 1. The molecule has 0 saturated heterocycles. The van der Waals surface area contributed by atoms with Crippen molar-refractivity contribution >= 4 is 33.5 Å². The van der Waals surface area contributed by atoms with Gasteiger partial charge in [-0.25, -0.2) is 0 Å². The predicted molar refractivity (Wildman–Crippen MR) is 70.1 cm³/mol. The van der Waals surface area contributed by atoms with Gasteiger partial charge >= 0.3 is 0 Å². The van der Waals surface area contributed by atoms with E-state index in [0.717, 1.165) is 4.47 Å². The molecule has 1 aromatic heterocycles. The normalized spacial score (nSPS) is 17.6. The van der Waals surface area contributed by atoms with Crippen molar-refractivity contribution in [3.63, 3.8) is 0 Å². The minimum absolute atomic E-state index is 0.0902. The molecule has 4 heteroatoms. The third kappa shape index (κ3) is 3.14. The Morgan fingerprint density at radius 1 is 1.44 bits per heavy atom. The van der Waals surface area contributed by atoms with Gasteiger partial charge in [-0.05, 0) is 34.8 Å². The molecule has 0 aliphatic heterocycles. The Hall–Kier alpha value is -0.220. The standard InChI is InChI=1S/C12H15BrO2S/c13-10-6-7-15-12(10)11(14)8-16-9-4-2-1-3-5-9/h6-7,9H,1-5,8H2. The molecule has 2 nitrogen and oxygen atoms in total. The number of Topliss-reactive ketones (excluding diaryl/α,β-unsaturated/α-hetero) is 1. The van der Waals surface area contributed by atoms with Crippen LogP contribution in [0.1, 0.15) is 42.7 Å². The Morgan fingerprint density at radius 2 is 2.19 bits per heavy atom. The van der Waals surface area contributed by atoms with Crippen LogP contribution in [0, 0.1) is 0 Å². The van der Waals surface area contributed by atoms with Crippen LogP contribution >= 0.6 is 27.7 Å². The van der Waals surface area contributed by atoms with Crippen LogP contribution in [0.2, 0.25) is 0 Å². The van der Waals surface area contributed by atoms with Gasteiger partial charge in [-0.3, -0.25) is 4.79 Å². The number of thioether (sulfide) groups is 1. The van der Waals surface area contributed by atoms with E-state index in [0.29, 0.717) is 16.8 Å². The molecule has 0 atom stereocenters. The maximum Gasteiger partial charge on any atom is 0.209 e.